The van der Waals surface area contributed by atoms with Crippen LogP contribution < -0.4 is 0 Å². The van der Waals surface area contributed by atoms with Crippen molar-refractivity contribution in [2.45, 2.75) is 45.1 Å². The van der Waals surface area contributed by atoms with Gasteiger partial charge in [-0.05, 0) is 43.7 Å². The first-order chi connectivity index (χ1) is 12.4. The van der Waals surface area contributed by atoms with Crippen LogP contribution in [0.15, 0.2) is 24.3 Å². The van der Waals surface area contributed by atoms with Crippen LogP contribution in [0.3, 0.4) is 0 Å². The van der Waals surface area contributed by atoms with Gasteiger partial charge in [0.2, 0.25) is 5.95 Å². The molecule has 2 heterocycles. The molecule has 7 heteroatoms. The second kappa shape index (κ2) is 7.78. The van der Waals surface area contributed by atoms with Crippen molar-refractivity contribution in [1.29, 1.82) is 0 Å². The molecule has 0 spiro atoms. The summed E-state index contributed by atoms with van der Waals surface area (Å²) in [7, 11) is 1.31. The first-order valence-corrected chi connectivity index (χ1v) is 9.17. The second-order valence-corrected chi connectivity index (χ2v) is 7.14. The second-order valence-electron chi connectivity index (χ2n) is 6.75. The summed E-state index contributed by atoms with van der Waals surface area (Å²) in [6.45, 7) is 2.70. The Morgan fingerprint density at radius 2 is 2.04 bits per heavy atom. The number of aromatic nitrogens is 2. The van der Waals surface area contributed by atoms with E-state index in [0.717, 1.165) is 30.4 Å². The fraction of sp³-hybridized carbons (Fsp3) is 0.474. The van der Waals surface area contributed by atoms with Gasteiger partial charge in [-0.2, -0.15) is 9.49 Å². The number of likely N-dealkylation sites (tertiary alicyclic amines) is 1. The third-order valence-corrected chi connectivity index (χ3v) is 5.47. The minimum atomic E-state index is -2.86. The summed E-state index contributed by atoms with van der Waals surface area (Å²) in [5.74, 6) is -0.800. The van der Waals surface area contributed by atoms with Crippen molar-refractivity contribution in [2.24, 2.45) is 7.05 Å². The van der Waals surface area contributed by atoms with Crippen molar-refractivity contribution >= 4 is 17.2 Å². The van der Waals surface area contributed by atoms with Crippen LogP contribution in [0.4, 0.5) is 13.2 Å². The molecular formula is C19H22F3N3S. The van der Waals surface area contributed by atoms with Crippen LogP contribution in [0, 0.1) is 12.9 Å². The Hall–Kier alpha value is -1.89. The van der Waals surface area contributed by atoms with Crippen LogP contribution in [-0.4, -0.2) is 32.3 Å². The maximum atomic E-state index is 14.5. The van der Waals surface area contributed by atoms with Crippen molar-refractivity contribution < 1.29 is 13.2 Å². The molecule has 1 aliphatic heterocycles. The third kappa shape index (κ3) is 3.63. The van der Waals surface area contributed by atoms with E-state index in [9.17, 15) is 13.2 Å². The van der Waals surface area contributed by atoms with Gasteiger partial charge in [0, 0.05) is 19.6 Å². The van der Waals surface area contributed by atoms with Gasteiger partial charge in [-0.1, -0.05) is 36.5 Å². The Labute approximate surface area is 156 Å². The number of rotatable bonds is 4. The number of aryl methyl sites for hydroxylation is 2. The van der Waals surface area contributed by atoms with Crippen molar-refractivity contribution in [1.82, 2.24) is 14.7 Å². The molecule has 1 unspecified atom stereocenters. The fourth-order valence-corrected chi connectivity index (χ4v) is 4.02. The molecule has 0 amide bonds. The SMILES string of the molecule is Cc1ccccc1CC1CCCCN1C(=S)c1c(C(F)F)nn(C)c1F. The number of halogens is 3. The largest absolute Gasteiger partial charge is 0.359 e. The highest BCUT2D eigenvalue weighted by molar-refractivity contribution is 7.80. The van der Waals surface area contributed by atoms with E-state index in [2.05, 4.69) is 24.2 Å². The lowest BCUT2D eigenvalue weighted by atomic mass is 9.93. The van der Waals surface area contributed by atoms with E-state index < -0.39 is 18.1 Å². The Balaban J connectivity index is 1.91. The molecule has 1 saturated heterocycles. The molecule has 1 aliphatic rings. The summed E-state index contributed by atoms with van der Waals surface area (Å²) in [4.78, 5) is 2.06. The zero-order valence-electron chi connectivity index (χ0n) is 14.9. The van der Waals surface area contributed by atoms with Crippen LogP contribution in [0.5, 0.6) is 0 Å². The van der Waals surface area contributed by atoms with Gasteiger partial charge < -0.3 is 4.90 Å². The van der Waals surface area contributed by atoms with Crippen LogP contribution in [0.2, 0.25) is 0 Å². The molecule has 1 fully saturated rings. The highest BCUT2D eigenvalue weighted by Crippen LogP contribution is 2.29. The summed E-state index contributed by atoms with van der Waals surface area (Å²) in [5.41, 5.74) is 1.59. The van der Waals surface area contributed by atoms with Crippen molar-refractivity contribution in [3.63, 3.8) is 0 Å². The minimum Gasteiger partial charge on any atom is -0.359 e. The normalized spacial score (nSPS) is 17.8. The number of alkyl halides is 2. The zero-order chi connectivity index (χ0) is 18.8. The molecule has 1 atom stereocenters. The number of hydrogen-bond donors (Lipinski definition) is 0. The summed E-state index contributed by atoms with van der Waals surface area (Å²) in [6, 6.07) is 8.17. The summed E-state index contributed by atoms with van der Waals surface area (Å²) in [6.07, 6.45) is 0.765. The molecule has 2 aromatic rings. The fourth-order valence-electron chi connectivity index (χ4n) is 3.59. The molecule has 0 aliphatic carbocycles. The number of hydrogen-bond acceptors (Lipinski definition) is 2. The molecule has 140 valence electrons. The molecule has 0 bridgehead atoms. The molecule has 26 heavy (non-hydrogen) atoms. The first-order valence-electron chi connectivity index (χ1n) is 8.76. The van der Waals surface area contributed by atoms with E-state index >= 15 is 0 Å². The Morgan fingerprint density at radius 3 is 2.73 bits per heavy atom. The van der Waals surface area contributed by atoms with Crippen molar-refractivity contribution in [3.05, 3.63) is 52.6 Å². The highest BCUT2D eigenvalue weighted by Gasteiger charge is 2.32. The molecule has 0 N–H and O–H groups in total. The Kier molecular flexibility index (Phi) is 5.65. The average molecular weight is 381 g/mol. The van der Waals surface area contributed by atoms with Gasteiger partial charge in [0.15, 0.2) is 0 Å². The average Bonchev–Trinajstić information content (AvgIpc) is 2.92. The van der Waals surface area contributed by atoms with Crippen molar-refractivity contribution in [3.8, 4) is 0 Å². The highest BCUT2D eigenvalue weighted by atomic mass is 32.1. The number of nitrogens with zero attached hydrogens (tertiary/aromatic N) is 3. The summed E-state index contributed by atoms with van der Waals surface area (Å²) >= 11 is 5.47. The van der Waals surface area contributed by atoms with E-state index in [4.69, 9.17) is 12.2 Å². The molecule has 3 rings (SSSR count). The lowest BCUT2D eigenvalue weighted by Crippen LogP contribution is -2.45. The summed E-state index contributed by atoms with van der Waals surface area (Å²) < 4.78 is 41.9. The number of piperidine rings is 1. The van der Waals surface area contributed by atoms with Gasteiger partial charge in [0.1, 0.15) is 10.7 Å². The van der Waals surface area contributed by atoms with Crippen molar-refractivity contribution in [2.75, 3.05) is 6.54 Å². The predicted octanol–water partition coefficient (Wildman–Crippen LogP) is 4.58. The van der Waals surface area contributed by atoms with E-state index in [0.29, 0.717) is 6.54 Å². The lowest BCUT2D eigenvalue weighted by molar-refractivity contribution is 0.144. The van der Waals surface area contributed by atoms with Gasteiger partial charge in [0.25, 0.3) is 6.43 Å². The third-order valence-electron chi connectivity index (χ3n) is 5.03. The van der Waals surface area contributed by atoms with E-state index in [1.807, 2.05) is 17.0 Å². The van der Waals surface area contributed by atoms with Crippen LogP contribution in [-0.2, 0) is 13.5 Å². The summed E-state index contributed by atoms with van der Waals surface area (Å²) in [5, 5.41) is 3.63. The van der Waals surface area contributed by atoms with Crippen LogP contribution in [0.25, 0.3) is 0 Å². The molecule has 3 nitrogen and oxygen atoms in total. The van der Waals surface area contributed by atoms with Gasteiger partial charge in [0.05, 0.1) is 5.56 Å². The quantitative estimate of drug-likeness (QED) is 0.724. The minimum absolute atomic E-state index is 0.0717. The van der Waals surface area contributed by atoms with E-state index in [1.54, 1.807) is 0 Å². The molecular weight excluding hydrogens is 359 g/mol. The molecule has 1 aromatic carbocycles. The predicted molar refractivity (Wildman–Crippen MR) is 99.1 cm³/mol. The van der Waals surface area contributed by atoms with Gasteiger partial charge in [-0.3, -0.25) is 0 Å². The zero-order valence-corrected chi connectivity index (χ0v) is 15.7. The maximum Gasteiger partial charge on any atom is 0.282 e. The number of benzene rings is 1. The molecule has 0 radical (unpaired) electrons. The lowest BCUT2D eigenvalue weighted by Gasteiger charge is -2.38. The molecule has 0 saturated carbocycles. The smallest absolute Gasteiger partial charge is 0.282 e. The van der Waals surface area contributed by atoms with E-state index in [1.165, 1.54) is 18.2 Å². The standard InChI is InChI=1S/C19H22F3N3S/c1-12-7-3-4-8-13(12)11-14-9-5-6-10-25(14)19(26)15-16(17(20)21)23-24(2)18(15)22/h3-4,7-8,14,17H,5-6,9-11H2,1-2H3. The topological polar surface area (TPSA) is 21.1 Å². The van der Waals surface area contributed by atoms with E-state index in [-0.39, 0.29) is 16.6 Å². The monoisotopic (exact) mass is 381 g/mol. The maximum absolute atomic E-state index is 14.5. The van der Waals surface area contributed by atoms with Gasteiger partial charge in [-0.15, -0.1) is 0 Å². The molecule has 1 aromatic heterocycles. The number of thiocarbonyl (C=S) groups is 1. The van der Waals surface area contributed by atoms with Gasteiger partial charge >= 0.3 is 0 Å². The van der Waals surface area contributed by atoms with Crippen LogP contribution in [0.1, 0.15) is 48.1 Å². The Morgan fingerprint density at radius 1 is 1.31 bits per heavy atom. The van der Waals surface area contributed by atoms with Gasteiger partial charge in [-0.25, -0.2) is 13.5 Å². The first kappa shape index (κ1) is 18.9. The Bertz CT molecular complexity index is 803. The van der Waals surface area contributed by atoms with Crippen LogP contribution >= 0.6 is 12.2 Å².